The Morgan fingerprint density at radius 3 is 2.00 bits per heavy atom. The van der Waals surface area contributed by atoms with Gasteiger partial charge in [0.2, 0.25) is 0 Å². The van der Waals surface area contributed by atoms with Gasteiger partial charge in [-0.3, -0.25) is 4.74 Å². The second-order valence-electron chi connectivity index (χ2n) is 2.35. The highest BCUT2D eigenvalue weighted by molar-refractivity contribution is 4.65. The van der Waals surface area contributed by atoms with E-state index in [1.54, 1.807) is 14.0 Å². The SMILES string of the molecule is CNC(C)[C@H](C)OC(F)(F)F. The molecule has 11 heavy (non-hydrogen) atoms. The molecule has 2 atom stereocenters. The van der Waals surface area contributed by atoms with Crippen molar-refractivity contribution in [2.24, 2.45) is 0 Å². The monoisotopic (exact) mass is 171 g/mol. The van der Waals surface area contributed by atoms with Crippen molar-refractivity contribution < 1.29 is 17.9 Å². The van der Waals surface area contributed by atoms with Crippen LogP contribution in [0.5, 0.6) is 0 Å². The fourth-order valence-corrected chi connectivity index (χ4v) is 0.548. The molecule has 68 valence electrons. The number of alkyl halides is 3. The Bertz CT molecular complexity index is 115. The number of rotatable bonds is 3. The molecule has 0 aromatic heterocycles. The summed E-state index contributed by atoms with van der Waals surface area (Å²) < 4.78 is 38.4. The Balaban J connectivity index is 3.77. The zero-order valence-electron chi connectivity index (χ0n) is 6.70. The van der Waals surface area contributed by atoms with Crippen LogP contribution in [0.4, 0.5) is 13.2 Å². The molecule has 0 saturated heterocycles. The quantitative estimate of drug-likeness (QED) is 0.695. The molecule has 0 fully saturated rings. The highest BCUT2D eigenvalue weighted by Gasteiger charge is 2.33. The van der Waals surface area contributed by atoms with Gasteiger partial charge in [-0.15, -0.1) is 13.2 Å². The molecule has 1 unspecified atom stereocenters. The van der Waals surface area contributed by atoms with Gasteiger partial charge in [0.1, 0.15) is 0 Å². The van der Waals surface area contributed by atoms with Gasteiger partial charge in [0.05, 0.1) is 6.10 Å². The van der Waals surface area contributed by atoms with Crippen molar-refractivity contribution >= 4 is 0 Å². The summed E-state index contributed by atoms with van der Waals surface area (Å²) >= 11 is 0. The molecule has 0 bridgehead atoms. The van der Waals surface area contributed by atoms with Gasteiger partial charge in [0, 0.05) is 6.04 Å². The number of ether oxygens (including phenoxy) is 1. The zero-order valence-corrected chi connectivity index (χ0v) is 6.70. The Labute approximate surface area is 63.7 Å². The van der Waals surface area contributed by atoms with Gasteiger partial charge in [-0.1, -0.05) is 0 Å². The first-order valence-corrected chi connectivity index (χ1v) is 3.28. The van der Waals surface area contributed by atoms with Gasteiger partial charge >= 0.3 is 6.36 Å². The molecule has 5 heteroatoms. The van der Waals surface area contributed by atoms with Crippen molar-refractivity contribution in [3.05, 3.63) is 0 Å². The lowest BCUT2D eigenvalue weighted by Gasteiger charge is -2.20. The molecule has 0 radical (unpaired) electrons. The van der Waals surface area contributed by atoms with Crippen LogP contribution in [0.1, 0.15) is 13.8 Å². The highest BCUT2D eigenvalue weighted by atomic mass is 19.4. The van der Waals surface area contributed by atoms with Crippen LogP contribution in [-0.2, 0) is 4.74 Å². The van der Waals surface area contributed by atoms with Gasteiger partial charge in [0.25, 0.3) is 0 Å². The third-order valence-electron chi connectivity index (χ3n) is 1.48. The third-order valence-corrected chi connectivity index (χ3v) is 1.48. The molecule has 1 N–H and O–H groups in total. The summed E-state index contributed by atoms with van der Waals surface area (Å²) in [6, 6.07) is -0.309. The van der Waals surface area contributed by atoms with Crippen LogP contribution >= 0.6 is 0 Å². The van der Waals surface area contributed by atoms with Crippen molar-refractivity contribution in [3.8, 4) is 0 Å². The summed E-state index contributed by atoms with van der Waals surface area (Å²) in [4.78, 5) is 0. The van der Waals surface area contributed by atoms with E-state index < -0.39 is 12.5 Å². The van der Waals surface area contributed by atoms with E-state index >= 15 is 0 Å². The Hall–Kier alpha value is -0.290. The predicted molar refractivity (Wildman–Crippen MR) is 35.1 cm³/mol. The van der Waals surface area contributed by atoms with Gasteiger partial charge in [-0.05, 0) is 20.9 Å². The highest BCUT2D eigenvalue weighted by Crippen LogP contribution is 2.19. The normalized spacial score (nSPS) is 18.0. The molecule has 0 saturated carbocycles. The van der Waals surface area contributed by atoms with E-state index in [0.717, 1.165) is 0 Å². The Morgan fingerprint density at radius 2 is 1.73 bits per heavy atom. The first-order chi connectivity index (χ1) is 4.87. The molecule has 0 spiro atoms. The number of halogens is 3. The summed E-state index contributed by atoms with van der Waals surface area (Å²) in [6.45, 7) is 2.99. The van der Waals surface area contributed by atoms with E-state index in [9.17, 15) is 13.2 Å². The van der Waals surface area contributed by atoms with E-state index in [1.807, 2.05) is 0 Å². The number of hydrogen-bond donors (Lipinski definition) is 1. The summed E-state index contributed by atoms with van der Waals surface area (Å²) in [5.74, 6) is 0. The predicted octanol–water partition coefficient (Wildman–Crippen LogP) is 1.52. The Morgan fingerprint density at radius 1 is 1.27 bits per heavy atom. The molecule has 0 rings (SSSR count). The fraction of sp³-hybridized carbons (Fsp3) is 1.00. The maximum atomic E-state index is 11.6. The van der Waals surface area contributed by atoms with Gasteiger partial charge < -0.3 is 5.32 Å². The zero-order chi connectivity index (χ0) is 9.07. The number of hydrogen-bond acceptors (Lipinski definition) is 2. The third kappa shape index (κ3) is 5.03. The summed E-state index contributed by atoms with van der Waals surface area (Å²) in [7, 11) is 1.58. The van der Waals surface area contributed by atoms with Crippen molar-refractivity contribution in [1.29, 1.82) is 0 Å². The minimum atomic E-state index is -4.54. The second-order valence-corrected chi connectivity index (χ2v) is 2.35. The van der Waals surface area contributed by atoms with Crippen molar-refractivity contribution in [3.63, 3.8) is 0 Å². The van der Waals surface area contributed by atoms with E-state index in [-0.39, 0.29) is 6.04 Å². The van der Waals surface area contributed by atoms with Crippen LogP contribution in [0, 0.1) is 0 Å². The molecule has 0 aromatic carbocycles. The largest absolute Gasteiger partial charge is 0.522 e. The lowest BCUT2D eigenvalue weighted by atomic mass is 10.2. The van der Waals surface area contributed by atoms with Crippen molar-refractivity contribution in [1.82, 2.24) is 5.32 Å². The molecule has 0 amide bonds. The molecular formula is C6H12F3NO. The number of nitrogens with one attached hydrogen (secondary N) is 1. The van der Waals surface area contributed by atoms with Gasteiger partial charge in [-0.25, -0.2) is 0 Å². The van der Waals surface area contributed by atoms with Crippen LogP contribution in [-0.4, -0.2) is 25.6 Å². The average Bonchev–Trinajstić information content (AvgIpc) is 1.82. The summed E-state index contributed by atoms with van der Waals surface area (Å²) in [5, 5.41) is 2.66. The molecular weight excluding hydrogens is 159 g/mol. The lowest BCUT2D eigenvalue weighted by Crippen LogP contribution is -2.37. The smallest absolute Gasteiger partial charge is 0.315 e. The average molecular weight is 171 g/mol. The summed E-state index contributed by atoms with van der Waals surface area (Å²) in [5.41, 5.74) is 0. The first kappa shape index (κ1) is 10.7. The van der Waals surface area contributed by atoms with Crippen LogP contribution in [0.15, 0.2) is 0 Å². The summed E-state index contributed by atoms with van der Waals surface area (Å²) in [6.07, 6.45) is -5.40. The molecule has 0 aliphatic rings. The minimum absolute atomic E-state index is 0.309. The van der Waals surface area contributed by atoms with Crippen LogP contribution in [0.2, 0.25) is 0 Å². The van der Waals surface area contributed by atoms with Crippen LogP contribution in [0.25, 0.3) is 0 Å². The fourth-order valence-electron chi connectivity index (χ4n) is 0.548. The second kappa shape index (κ2) is 3.92. The number of likely N-dealkylation sites (N-methyl/N-ethyl adjacent to an activating group) is 1. The van der Waals surface area contributed by atoms with Gasteiger partial charge in [-0.2, -0.15) is 0 Å². The maximum Gasteiger partial charge on any atom is 0.522 e. The van der Waals surface area contributed by atoms with E-state index in [4.69, 9.17) is 0 Å². The standard InChI is InChI=1S/C6H12F3NO/c1-4(10-3)5(2)11-6(7,8)9/h4-5,10H,1-3H3/t4?,5-/m0/s1. The van der Waals surface area contributed by atoms with E-state index in [2.05, 4.69) is 10.1 Å². The molecule has 0 aromatic rings. The molecule has 0 aliphatic heterocycles. The van der Waals surface area contributed by atoms with Crippen molar-refractivity contribution in [2.75, 3.05) is 7.05 Å². The molecule has 0 aliphatic carbocycles. The lowest BCUT2D eigenvalue weighted by molar-refractivity contribution is -0.342. The first-order valence-electron chi connectivity index (χ1n) is 3.28. The van der Waals surface area contributed by atoms with Crippen LogP contribution in [0.3, 0.4) is 0 Å². The van der Waals surface area contributed by atoms with E-state index in [1.165, 1.54) is 6.92 Å². The van der Waals surface area contributed by atoms with Crippen molar-refractivity contribution in [2.45, 2.75) is 32.4 Å². The van der Waals surface area contributed by atoms with Crippen LogP contribution < -0.4 is 5.32 Å². The molecule has 2 nitrogen and oxygen atoms in total. The topological polar surface area (TPSA) is 21.3 Å². The van der Waals surface area contributed by atoms with E-state index in [0.29, 0.717) is 0 Å². The minimum Gasteiger partial charge on any atom is -0.315 e. The maximum absolute atomic E-state index is 11.6. The van der Waals surface area contributed by atoms with Gasteiger partial charge in [0.15, 0.2) is 0 Å². The molecule has 0 heterocycles. The Kier molecular flexibility index (Phi) is 3.82.